The van der Waals surface area contributed by atoms with Gasteiger partial charge in [0.1, 0.15) is 10.5 Å². The molecule has 3 heterocycles. The lowest BCUT2D eigenvalue weighted by Crippen LogP contribution is -2.25. The summed E-state index contributed by atoms with van der Waals surface area (Å²) in [7, 11) is 0. The number of thiophene rings is 1. The topological polar surface area (TPSA) is 120 Å². The Morgan fingerprint density at radius 1 is 1.21 bits per heavy atom. The SMILES string of the molecule is Cc1sc2nc(SCC(=O)Nc3ccccc3[N+](=O)[O-])n(Cc3ccccn3)c(=O)c2c1C. The summed E-state index contributed by atoms with van der Waals surface area (Å²) in [6.45, 7) is 4.05. The van der Waals surface area contributed by atoms with Crippen LogP contribution in [0.5, 0.6) is 0 Å². The minimum Gasteiger partial charge on any atom is -0.320 e. The van der Waals surface area contributed by atoms with E-state index in [1.54, 1.807) is 18.3 Å². The van der Waals surface area contributed by atoms with Gasteiger partial charge in [-0.1, -0.05) is 30.0 Å². The summed E-state index contributed by atoms with van der Waals surface area (Å²) in [5, 5.41) is 14.7. The number of aryl methyl sites for hydroxylation is 2. The van der Waals surface area contributed by atoms with Crippen LogP contribution in [0.1, 0.15) is 16.1 Å². The number of nitrogens with zero attached hydrogens (tertiary/aromatic N) is 4. The number of amides is 1. The Labute approximate surface area is 196 Å². The molecule has 0 fully saturated rings. The number of hydrogen-bond donors (Lipinski definition) is 1. The summed E-state index contributed by atoms with van der Waals surface area (Å²) < 4.78 is 1.52. The number of benzene rings is 1. The highest BCUT2D eigenvalue weighted by Crippen LogP contribution is 2.29. The van der Waals surface area contributed by atoms with Crippen molar-refractivity contribution in [3.8, 4) is 0 Å². The summed E-state index contributed by atoms with van der Waals surface area (Å²) in [6.07, 6.45) is 1.65. The Bertz CT molecular complexity index is 1420. The van der Waals surface area contributed by atoms with Gasteiger partial charge in [-0.3, -0.25) is 29.3 Å². The minimum absolute atomic E-state index is 0.0739. The molecule has 4 aromatic rings. The van der Waals surface area contributed by atoms with Gasteiger partial charge in [0.05, 0.1) is 28.3 Å². The van der Waals surface area contributed by atoms with Crippen LogP contribution < -0.4 is 10.9 Å². The molecule has 9 nitrogen and oxygen atoms in total. The van der Waals surface area contributed by atoms with Gasteiger partial charge in [-0.15, -0.1) is 11.3 Å². The molecule has 0 saturated carbocycles. The predicted octanol–water partition coefficient (Wildman–Crippen LogP) is 4.16. The highest BCUT2D eigenvalue weighted by Gasteiger charge is 2.19. The van der Waals surface area contributed by atoms with Crippen molar-refractivity contribution in [3.63, 3.8) is 0 Å². The number of nitro groups is 1. The molecular weight excluding hydrogens is 462 g/mol. The number of thioether (sulfide) groups is 1. The second-order valence-electron chi connectivity index (χ2n) is 7.18. The van der Waals surface area contributed by atoms with Gasteiger partial charge in [-0.05, 0) is 37.6 Å². The average molecular weight is 482 g/mol. The van der Waals surface area contributed by atoms with Crippen LogP contribution in [0.4, 0.5) is 11.4 Å². The molecule has 1 N–H and O–H groups in total. The number of carbonyl (C=O) groups excluding carboxylic acids is 1. The van der Waals surface area contributed by atoms with E-state index < -0.39 is 10.8 Å². The van der Waals surface area contributed by atoms with Crippen LogP contribution in [-0.4, -0.2) is 31.1 Å². The molecule has 0 atom stereocenters. The number of fused-ring (bicyclic) bond motifs is 1. The van der Waals surface area contributed by atoms with Crippen LogP contribution in [0, 0.1) is 24.0 Å². The first-order valence-corrected chi connectivity index (χ1v) is 11.7. The molecule has 168 valence electrons. The van der Waals surface area contributed by atoms with E-state index in [2.05, 4.69) is 15.3 Å². The molecule has 0 aliphatic carbocycles. The van der Waals surface area contributed by atoms with Gasteiger partial charge in [-0.25, -0.2) is 4.98 Å². The zero-order chi connectivity index (χ0) is 23.5. The number of aromatic nitrogens is 3. The molecular formula is C22H19N5O4S2. The van der Waals surface area contributed by atoms with Crippen LogP contribution in [0.3, 0.4) is 0 Å². The molecule has 0 unspecified atom stereocenters. The summed E-state index contributed by atoms with van der Waals surface area (Å²) in [6, 6.07) is 11.4. The Morgan fingerprint density at radius 3 is 2.70 bits per heavy atom. The van der Waals surface area contributed by atoms with Gasteiger partial charge in [-0.2, -0.15) is 0 Å². The Balaban J connectivity index is 1.64. The van der Waals surface area contributed by atoms with Crippen LogP contribution in [0.15, 0.2) is 58.6 Å². The average Bonchev–Trinajstić information content (AvgIpc) is 3.09. The maximum absolute atomic E-state index is 13.4. The van der Waals surface area contributed by atoms with Gasteiger partial charge < -0.3 is 5.32 Å². The second kappa shape index (κ2) is 9.51. The van der Waals surface area contributed by atoms with Gasteiger partial charge in [0.25, 0.3) is 11.2 Å². The quantitative estimate of drug-likeness (QED) is 0.182. The van der Waals surface area contributed by atoms with Crippen molar-refractivity contribution in [1.29, 1.82) is 0 Å². The maximum atomic E-state index is 13.4. The van der Waals surface area contributed by atoms with E-state index in [4.69, 9.17) is 0 Å². The largest absolute Gasteiger partial charge is 0.320 e. The Morgan fingerprint density at radius 2 is 1.97 bits per heavy atom. The molecule has 4 rings (SSSR count). The molecule has 0 spiro atoms. The van der Waals surface area contributed by atoms with E-state index in [1.165, 1.54) is 34.1 Å². The Hall–Kier alpha value is -3.57. The number of nitro benzene ring substituents is 1. The van der Waals surface area contributed by atoms with Crippen molar-refractivity contribution in [2.75, 3.05) is 11.1 Å². The molecule has 11 heteroatoms. The summed E-state index contributed by atoms with van der Waals surface area (Å²) in [5.74, 6) is -0.512. The van der Waals surface area contributed by atoms with Crippen molar-refractivity contribution in [2.24, 2.45) is 0 Å². The van der Waals surface area contributed by atoms with Crippen molar-refractivity contribution in [3.05, 3.63) is 85.3 Å². The zero-order valence-electron chi connectivity index (χ0n) is 17.8. The maximum Gasteiger partial charge on any atom is 0.292 e. The van der Waals surface area contributed by atoms with E-state index in [-0.39, 0.29) is 29.2 Å². The number of pyridine rings is 1. The number of rotatable bonds is 7. The van der Waals surface area contributed by atoms with Crippen LogP contribution >= 0.6 is 23.1 Å². The van der Waals surface area contributed by atoms with Gasteiger partial charge >= 0.3 is 0 Å². The first kappa shape index (κ1) is 22.6. The monoisotopic (exact) mass is 481 g/mol. The third-order valence-corrected chi connectivity index (χ3v) is 7.08. The van der Waals surface area contributed by atoms with Crippen LogP contribution in [0.2, 0.25) is 0 Å². The summed E-state index contributed by atoms with van der Waals surface area (Å²) in [5.41, 5.74) is 1.33. The van der Waals surface area contributed by atoms with E-state index in [1.807, 2.05) is 26.0 Å². The highest BCUT2D eigenvalue weighted by molar-refractivity contribution is 7.99. The number of carbonyl (C=O) groups is 1. The van der Waals surface area contributed by atoms with Crippen LogP contribution in [0.25, 0.3) is 10.2 Å². The Kier molecular flexibility index (Phi) is 6.52. The van der Waals surface area contributed by atoms with Crippen LogP contribution in [-0.2, 0) is 11.3 Å². The lowest BCUT2D eigenvalue weighted by molar-refractivity contribution is -0.383. The molecule has 3 aromatic heterocycles. The first-order valence-electron chi connectivity index (χ1n) is 9.91. The molecule has 0 saturated heterocycles. The fraction of sp³-hybridized carbons (Fsp3) is 0.182. The fourth-order valence-electron chi connectivity index (χ4n) is 3.27. The van der Waals surface area contributed by atoms with Crippen molar-refractivity contribution >= 4 is 50.6 Å². The minimum atomic E-state index is -0.551. The molecule has 0 bridgehead atoms. The molecule has 0 aliphatic heterocycles. The lowest BCUT2D eigenvalue weighted by atomic mass is 10.2. The smallest absolute Gasteiger partial charge is 0.292 e. The number of para-hydroxylation sites is 2. The molecule has 0 aliphatic rings. The normalized spacial score (nSPS) is 11.0. The van der Waals surface area contributed by atoms with E-state index in [0.717, 1.165) is 22.2 Å². The highest BCUT2D eigenvalue weighted by atomic mass is 32.2. The standard InChI is InChI=1S/C22H19N5O4S2/c1-13-14(2)33-20-19(13)21(29)26(11-15-7-5-6-10-23-15)22(25-20)32-12-18(28)24-16-8-3-4-9-17(16)27(30)31/h3-10H,11-12H2,1-2H3,(H,24,28). The lowest BCUT2D eigenvalue weighted by Gasteiger charge is -2.12. The van der Waals surface area contributed by atoms with Gasteiger partial charge in [0.2, 0.25) is 5.91 Å². The summed E-state index contributed by atoms with van der Waals surface area (Å²) in [4.78, 5) is 47.2. The number of anilines is 1. The third kappa shape index (κ3) is 4.78. The van der Waals surface area contributed by atoms with E-state index in [0.29, 0.717) is 21.1 Å². The van der Waals surface area contributed by atoms with Crippen molar-refractivity contribution < 1.29 is 9.72 Å². The van der Waals surface area contributed by atoms with Crippen molar-refractivity contribution in [1.82, 2.24) is 14.5 Å². The second-order valence-corrected chi connectivity index (χ2v) is 9.33. The first-order chi connectivity index (χ1) is 15.8. The summed E-state index contributed by atoms with van der Waals surface area (Å²) >= 11 is 2.54. The molecule has 33 heavy (non-hydrogen) atoms. The molecule has 0 radical (unpaired) electrons. The van der Waals surface area contributed by atoms with Crippen molar-refractivity contribution in [2.45, 2.75) is 25.5 Å². The molecule has 1 amide bonds. The predicted molar refractivity (Wildman–Crippen MR) is 129 cm³/mol. The van der Waals surface area contributed by atoms with Gasteiger partial charge in [0.15, 0.2) is 5.16 Å². The fourth-order valence-corrected chi connectivity index (χ4v) is 5.14. The zero-order valence-corrected chi connectivity index (χ0v) is 19.4. The third-order valence-electron chi connectivity index (χ3n) is 5.01. The van der Waals surface area contributed by atoms with E-state index in [9.17, 15) is 19.7 Å². The number of hydrogen-bond acceptors (Lipinski definition) is 8. The van der Waals surface area contributed by atoms with E-state index >= 15 is 0 Å². The number of nitrogens with one attached hydrogen (secondary N) is 1. The molecule has 1 aromatic carbocycles. The van der Waals surface area contributed by atoms with Gasteiger partial charge in [0, 0.05) is 17.1 Å².